The number of carbonyl (C=O) groups is 1. The van der Waals surface area contributed by atoms with Gasteiger partial charge in [-0.25, -0.2) is 0 Å². The van der Waals surface area contributed by atoms with Crippen LogP contribution in [-0.2, 0) is 4.79 Å². The number of hydrogen-bond acceptors (Lipinski definition) is 7. The number of aromatic nitrogens is 2. The van der Waals surface area contributed by atoms with E-state index in [4.69, 9.17) is 5.73 Å². The smallest absolute Gasteiger partial charge is 0.240 e. The Morgan fingerprint density at radius 1 is 1.67 bits per heavy atom. The number of likely N-dealkylation sites (tertiary alicyclic amines) is 1. The third-order valence-corrected chi connectivity index (χ3v) is 5.31. The summed E-state index contributed by atoms with van der Waals surface area (Å²) in [6.07, 6.45) is 2.16. The van der Waals surface area contributed by atoms with Crippen molar-refractivity contribution >= 4 is 34.3 Å². The van der Waals surface area contributed by atoms with E-state index in [9.17, 15) is 4.79 Å². The fraction of sp³-hybridized carbons (Fsp3) is 0.769. The molecule has 0 aromatic carbocycles. The molecule has 2 rings (SSSR count). The molecule has 1 fully saturated rings. The maximum atomic E-state index is 12.0. The van der Waals surface area contributed by atoms with Gasteiger partial charge in [-0.15, -0.1) is 0 Å². The molecule has 21 heavy (non-hydrogen) atoms. The predicted octanol–water partition coefficient (Wildman–Crippen LogP) is 1.65. The number of carbonyl (C=O) groups excluding carboxylic acids is 1. The van der Waals surface area contributed by atoms with Gasteiger partial charge in [-0.2, -0.15) is 9.36 Å². The summed E-state index contributed by atoms with van der Waals surface area (Å²) in [6, 6.07) is 0.194. The van der Waals surface area contributed by atoms with E-state index in [-0.39, 0.29) is 11.9 Å². The first-order valence-electron chi connectivity index (χ1n) is 7.32. The standard InChI is InChI=1S/C13H23N5OS2/c1-3-6-20-13-16-12(21-17-13)15-11(19)8-18-5-4-10(7-18)9(2)14/h9-10H,3-8,14H2,1-2H3,(H,15,16,17,19). The van der Waals surface area contributed by atoms with E-state index in [1.165, 1.54) is 11.5 Å². The van der Waals surface area contributed by atoms with Gasteiger partial charge in [-0.1, -0.05) is 18.7 Å². The number of hydrogen-bond donors (Lipinski definition) is 2. The fourth-order valence-corrected chi connectivity index (χ4v) is 3.73. The maximum absolute atomic E-state index is 12.0. The molecule has 0 radical (unpaired) electrons. The van der Waals surface area contributed by atoms with Crippen molar-refractivity contribution in [3.63, 3.8) is 0 Å². The summed E-state index contributed by atoms with van der Waals surface area (Å²) in [5.74, 6) is 1.47. The highest BCUT2D eigenvalue weighted by atomic mass is 32.2. The number of rotatable bonds is 7. The van der Waals surface area contributed by atoms with Crippen molar-refractivity contribution in [2.24, 2.45) is 11.7 Å². The van der Waals surface area contributed by atoms with Crippen LogP contribution in [0.4, 0.5) is 5.13 Å². The van der Waals surface area contributed by atoms with Crippen LogP contribution in [0.5, 0.6) is 0 Å². The second-order valence-electron chi connectivity index (χ2n) is 5.42. The van der Waals surface area contributed by atoms with Crippen LogP contribution in [0.15, 0.2) is 5.16 Å². The summed E-state index contributed by atoms with van der Waals surface area (Å²) in [7, 11) is 0. The minimum Gasteiger partial charge on any atom is -0.328 e. The molecule has 1 aliphatic rings. The van der Waals surface area contributed by atoms with Gasteiger partial charge < -0.3 is 5.73 Å². The van der Waals surface area contributed by atoms with Crippen molar-refractivity contribution in [3.05, 3.63) is 0 Å². The van der Waals surface area contributed by atoms with Gasteiger partial charge in [-0.05, 0) is 32.2 Å². The number of nitrogens with one attached hydrogen (secondary N) is 1. The first-order valence-corrected chi connectivity index (χ1v) is 9.08. The van der Waals surface area contributed by atoms with Crippen LogP contribution in [0.2, 0.25) is 0 Å². The lowest BCUT2D eigenvalue weighted by Crippen LogP contribution is -2.34. The molecule has 1 aromatic rings. The molecule has 1 aromatic heterocycles. The van der Waals surface area contributed by atoms with Gasteiger partial charge in [0.25, 0.3) is 0 Å². The van der Waals surface area contributed by atoms with Crippen LogP contribution in [0.1, 0.15) is 26.7 Å². The van der Waals surface area contributed by atoms with Crippen LogP contribution in [-0.4, -0.2) is 51.6 Å². The van der Waals surface area contributed by atoms with E-state index >= 15 is 0 Å². The van der Waals surface area contributed by atoms with Gasteiger partial charge in [0.2, 0.25) is 16.2 Å². The van der Waals surface area contributed by atoms with Crippen LogP contribution in [0.25, 0.3) is 0 Å². The van der Waals surface area contributed by atoms with Crippen LogP contribution in [0.3, 0.4) is 0 Å². The van der Waals surface area contributed by atoms with Crippen LogP contribution in [0, 0.1) is 5.92 Å². The van der Waals surface area contributed by atoms with Crippen molar-refractivity contribution in [3.8, 4) is 0 Å². The summed E-state index contributed by atoms with van der Waals surface area (Å²) in [5.41, 5.74) is 5.91. The highest BCUT2D eigenvalue weighted by Crippen LogP contribution is 2.21. The quantitative estimate of drug-likeness (QED) is 0.740. The van der Waals surface area contributed by atoms with Crippen LogP contribution >= 0.6 is 23.3 Å². The molecule has 2 unspecified atom stereocenters. The first kappa shape index (κ1) is 16.7. The number of nitrogens with zero attached hydrogens (tertiary/aromatic N) is 3. The molecule has 0 saturated carbocycles. The van der Waals surface area contributed by atoms with Crippen molar-refractivity contribution in [1.82, 2.24) is 14.3 Å². The second-order valence-corrected chi connectivity index (χ2v) is 7.24. The highest BCUT2D eigenvalue weighted by Gasteiger charge is 2.26. The van der Waals surface area contributed by atoms with Gasteiger partial charge in [0, 0.05) is 29.9 Å². The predicted molar refractivity (Wildman–Crippen MR) is 87.8 cm³/mol. The zero-order chi connectivity index (χ0) is 15.2. The molecular weight excluding hydrogens is 306 g/mol. The van der Waals surface area contributed by atoms with Crippen molar-refractivity contribution in [2.75, 3.05) is 30.7 Å². The van der Waals surface area contributed by atoms with Crippen LogP contribution < -0.4 is 11.1 Å². The second kappa shape index (κ2) is 8.07. The van der Waals surface area contributed by atoms with E-state index < -0.39 is 0 Å². The maximum Gasteiger partial charge on any atom is 0.240 e. The van der Waals surface area contributed by atoms with E-state index in [2.05, 4.69) is 26.5 Å². The Balaban J connectivity index is 1.76. The summed E-state index contributed by atoms with van der Waals surface area (Å²) >= 11 is 2.86. The SMILES string of the molecule is CCCSc1nsc(NC(=O)CN2CCC(C(C)N)C2)n1. The number of anilines is 1. The van der Waals surface area contributed by atoms with E-state index in [1.54, 1.807) is 11.8 Å². The first-order chi connectivity index (χ1) is 10.1. The van der Waals surface area contributed by atoms with Gasteiger partial charge >= 0.3 is 0 Å². The number of amides is 1. The molecule has 0 spiro atoms. The molecule has 1 amide bonds. The highest BCUT2D eigenvalue weighted by molar-refractivity contribution is 7.99. The van der Waals surface area contributed by atoms with Gasteiger partial charge in [0.15, 0.2) is 0 Å². The minimum absolute atomic E-state index is 0.0245. The minimum atomic E-state index is -0.0245. The average Bonchev–Trinajstić information content (AvgIpc) is 3.06. The van der Waals surface area contributed by atoms with E-state index in [0.717, 1.165) is 36.8 Å². The van der Waals surface area contributed by atoms with Crippen molar-refractivity contribution < 1.29 is 4.79 Å². The van der Waals surface area contributed by atoms with Gasteiger partial charge in [-0.3, -0.25) is 15.0 Å². The van der Waals surface area contributed by atoms with E-state index in [0.29, 0.717) is 17.6 Å². The summed E-state index contributed by atoms with van der Waals surface area (Å²) in [4.78, 5) is 18.5. The molecule has 6 nitrogen and oxygen atoms in total. The third kappa shape index (κ3) is 5.21. The molecular formula is C13H23N5OS2. The molecule has 1 aliphatic heterocycles. The summed E-state index contributed by atoms with van der Waals surface area (Å²) < 4.78 is 4.22. The molecule has 0 aliphatic carbocycles. The Morgan fingerprint density at radius 3 is 3.14 bits per heavy atom. The topological polar surface area (TPSA) is 84.1 Å². The van der Waals surface area contributed by atoms with Crippen molar-refractivity contribution in [1.29, 1.82) is 0 Å². The normalized spacial score (nSPS) is 20.6. The Morgan fingerprint density at radius 2 is 2.48 bits per heavy atom. The monoisotopic (exact) mass is 329 g/mol. The molecule has 118 valence electrons. The molecule has 8 heteroatoms. The third-order valence-electron chi connectivity index (χ3n) is 3.51. The summed E-state index contributed by atoms with van der Waals surface area (Å²) in [6.45, 7) is 6.39. The molecule has 2 heterocycles. The number of thioether (sulfide) groups is 1. The Bertz CT molecular complexity index is 465. The number of nitrogens with two attached hydrogens (primary N) is 1. The molecule has 3 N–H and O–H groups in total. The van der Waals surface area contributed by atoms with Gasteiger partial charge in [0.05, 0.1) is 6.54 Å². The lowest BCUT2D eigenvalue weighted by Gasteiger charge is -2.16. The Kier molecular flexibility index (Phi) is 6.40. The largest absolute Gasteiger partial charge is 0.328 e. The Hall–Kier alpha value is -0.700. The zero-order valence-corrected chi connectivity index (χ0v) is 14.2. The zero-order valence-electron chi connectivity index (χ0n) is 12.5. The Labute approximate surface area is 134 Å². The average molecular weight is 329 g/mol. The lowest BCUT2D eigenvalue weighted by atomic mass is 10.0. The lowest BCUT2D eigenvalue weighted by molar-refractivity contribution is -0.117. The van der Waals surface area contributed by atoms with Gasteiger partial charge in [0.1, 0.15) is 0 Å². The molecule has 0 bridgehead atoms. The fourth-order valence-electron chi connectivity index (χ4n) is 2.31. The summed E-state index contributed by atoms with van der Waals surface area (Å²) in [5, 5.41) is 4.16. The van der Waals surface area contributed by atoms with E-state index in [1.807, 2.05) is 6.92 Å². The molecule has 2 atom stereocenters. The molecule has 1 saturated heterocycles. The van der Waals surface area contributed by atoms with Crippen molar-refractivity contribution in [2.45, 2.75) is 37.9 Å².